The molecule has 0 aliphatic carbocycles. The van der Waals surface area contributed by atoms with Crippen LogP contribution in [0.1, 0.15) is 41.6 Å². The number of hydrogen-bond donors (Lipinski definition) is 2. The monoisotopic (exact) mass is 583 g/mol. The van der Waals surface area contributed by atoms with E-state index in [0.29, 0.717) is 6.54 Å². The van der Waals surface area contributed by atoms with Gasteiger partial charge < -0.3 is 19.1 Å². The van der Waals surface area contributed by atoms with Crippen molar-refractivity contribution in [1.82, 2.24) is 14.3 Å². The number of nitrogens with one attached hydrogen (secondary N) is 1. The van der Waals surface area contributed by atoms with Crippen molar-refractivity contribution < 1.29 is 23.0 Å². The number of sulfonamides is 1. The summed E-state index contributed by atoms with van der Waals surface area (Å²) < 4.78 is 43.2. The molecule has 0 unspecified atom stereocenters. The highest BCUT2D eigenvalue weighted by atomic mass is 32.2. The van der Waals surface area contributed by atoms with Crippen molar-refractivity contribution in [3.05, 3.63) is 132 Å². The smallest absolute Gasteiger partial charge is 0.240 e. The first-order valence-corrected chi connectivity index (χ1v) is 15.4. The van der Waals surface area contributed by atoms with Crippen LogP contribution in [0.15, 0.2) is 114 Å². The molecule has 1 saturated heterocycles. The second kappa shape index (κ2) is 12.2. The van der Waals surface area contributed by atoms with Crippen LogP contribution < -0.4 is 4.72 Å². The van der Waals surface area contributed by atoms with E-state index in [2.05, 4.69) is 27.3 Å². The molecule has 42 heavy (non-hydrogen) atoms. The van der Waals surface area contributed by atoms with Gasteiger partial charge in [0.25, 0.3) is 0 Å². The summed E-state index contributed by atoms with van der Waals surface area (Å²) in [6.07, 6.45) is 0.801. The fourth-order valence-electron chi connectivity index (χ4n) is 5.33. The highest BCUT2D eigenvalue weighted by molar-refractivity contribution is 7.89. The van der Waals surface area contributed by atoms with Gasteiger partial charge in [-0.1, -0.05) is 85.8 Å². The summed E-state index contributed by atoms with van der Waals surface area (Å²) in [6.45, 7) is 2.88. The van der Waals surface area contributed by atoms with Crippen LogP contribution in [0.4, 0.5) is 0 Å². The molecule has 0 radical (unpaired) electrons. The Morgan fingerprint density at radius 2 is 1.50 bits per heavy atom. The van der Waals surface area contributed by atoms with Gasteiger partial charge in [-0.15, -0.1) is 0 Å². The lowest BCUT2D eigenvalue weighted by molar-refractivity contribution is -0.276. The van der Waals surface area contributed by atoms with Gasteiger partial charge in [0.1, 0.15) is 0 Å². The van der Waals surface area contributed by atoms with Crippen LogP contribution in [0.25, 0.3) is 11.0 Å². The van der Waals surface area contributed by atoms with Crippen molar-refractivity contribution in [2.75, 3.05) is 0 Å². The van der Waals surface area contributed by atoms with Gasteiger partial charge in [0.2, 0.25) is 10.0 Å². The van der Waals surface area contributed by atoms with Crippen LogP contribution in [0.3, 0.4) is 0 Å². The average Bonchev–Trinajstić information content (AvgIpc) is 3.44. The first-order valence-electron chi connectivity index (χ1n) is 14.0. The molecule has 216 valence electrons. The molecular formula is C33H33N3O5S. The topological polar surface area (TPSA) is 103 Å². The van der Waals surface area contributed by atoms with E-state index in [1.807, 2.05) is 73.1 Å². The van der Waals surface area contributed by atoms with Crippen LogP contribution in [0, 0.1) is 5.92 Å². The number of hydrogen-bond acceptors (Lipinski definition) is 6. The molecule has 1 aromatic heterocycles. The molecule has 8 nitrogen and oxygen atoms in total. The Bertz CT molecular complexity index is 1740. The zero-order chi connectivity index (χ0) is 29.1. The minimum absolute atomic E-state index is 0.0166. The van der Waals surface area contributed by atoms with E-state index in [4.69, 9.17) is 9.47 Å². The zero-order valence-corrected chi connectivity index (χ0v) is 24.0. The Hall–Kier alpha value is -3.86. The Morgan fingerprint density at radius 1 is 0.833 bits per heavy atom. The van der Waals surface area contributed by atoms with Gasteiger partial charge in [0.05, 0.1) is 47.6 Å². The maximum Gasteiger partial charge on any atom is 0.240 e. The molecule has 6 rings (SSSR count). The molecule has 0 amide bonds. The molecule has 0 bridgehead atoms. The highest BCUT2D eigenvalue weighted by Gasteiger charge is 2.38. The van der Waals surface area contributed by atoms with Crippen molar-refractivity contribution in [3.63, 3.8) is 0 Å². The molecular weight excluding hydrogens is 550 g/mol. The number of aliphatic hydroxyl groups excluding tert-OH is 1. The summed E-state index contributed by atoms with van der Waals surface area (Å²) in [5, 5.41) is 9.52. The number of imidazole rings is 1. The van der Waals surface area contributed by atoms with Crippen molar-refractivity contribution in [1.29, 1.82) is 0 Å². The number of benzene rings is 4. The summed E-state index contributed by atoms with van der Waals surface area (Å²) in [7, 11) is -3.61. The molecule has 2 N–H and O–H groups in total. The van der Waals surface area contributed by atoms with Crippen molar-refractivity contribution in [3.8, 4) is 0 Å². The third kappa shape index (κ3) is 6.01. The van der Waals surface area contributed by atoms with E-state index >= 15 is 0 Å². The summed E-state index contributed by atoms with van der Waals surface area (Å²) in [5.74, 6) is 0.0223. The van der Waals surface area contributed by atoms with E-state index in [-0.39, 0.29) is 36.2 Å². The number of aromatic nitrogens is 2. The predicted molar refractivity (Wildman–Crippen MR) is 160 cm³/mol. The van der Waals surface area contributed by atoms with Crippen molar-refractivity contribution >= 4 is 21.1 Å². The number of para-hydroxylation sites is 2. The van der Waals surface area contributed by atoms with Gasteiger partial charge in [-0.05, 0) is 41.0 Å². The SMILES string of the molecule is C[C@@H]1[C@H](Cn2cnc3ccccc32)O[C@H](c2ccc(CNS(=O)(=O)c3ccccc3)cc2)O[C@@H]1c1ccc(CO)cc1. The first-order chi connectivity index (χ1) is 20.4. The van der Waals surface area contributed by atoms with Crippen LogP contribution in [-0.4, -0.2) is 29.2 Å². The van der Waals surface area contributed by atoms with Gasteiger partial charge in [-0.2, -0.15) is 0 Å². The van der Waals surface area contributed by atoms with Crippen LogP contribution >= 0.6 is 0 Å². The van der Waals surface area contributed by atoms with Crippen LogP contribution in [0.5, 0.6) is 0 Å². The average molecular weight is 584 g/mol. The lowest BCUT2D eigenvalue weighted by Gasteiger charge is -2.41. The normalized spacial score (nSPS) is 21.0. The fourth-order valence-corrected chi connectivity index (χ4v) is 6.37. The molecule has 5 aromatic rings. The molecule has 9 heteroatoms. The lowest BCUT2D eigenvalue weighted by atomic mass is 9.90. The van der Waals surface area contributed by atoms with E-state index in [0.717, 1.165) is 33.3 Å². The van der Waals surface area contributed by atoms with Crippen LogP contribution in [-0.2, 0) is 39.2 Å². The summed E-state index contributed by atoms with van der Waals surface area (Å²) in [4.78, 5) is 4.78. The second-order valence-corrected chi connectivity index (χ2v) is 12.4. The molecule has 0 saturated carbocycles. The molecule has 1 aliphatic rings. The van der Waals surface area contributed by atoms with E-state index < -0.39 is 16.3 Å². The Labute approximate surface area is 245 Å². The number of nitrogens with zero attached hydrogens (tertiary/aromatic N) is 2. The Kier molecular flexibility index (Phi) is 8.19. The second-order valence-electron chi connectivity index (χ2n) is 10.6. The fraction of sp³-hybridized carbons (Fsp3) is 0.242. The van der Waals surface area contributed by atoms with Gasteiger partial charge in [0, 0.05) is 18.0 Å². The van der Waals surface area contributed by atoms with Crippen molar-refractivity contribution in [2.45, 2.75) is 50.0 Å². The van der Waals surface area contributed by atoms with Gasteiger partial charge in [-0.25, -0.2) is 18.1 Å². The van der Waals surface area contributed by atoms with Crippen molar-refractivity contribution in [2.24, 2.45) is 5.92 Å². The molecule has 0 spiro atoms. The third-order valence-electron chi connectivity index (χ3n) is 7.80. The van der Waals surface area contributed by atoms with Crippen LogP contribution in [0.2, 0.25) is 0 Å². The summed E-state index contributed by atoms with van der Waals surface area (Å²) in [6, 6.07) is 31.8. The van der Waals surface area contributed by atoms with E-state index in [9.17, 15) is 13.5 Å². The van der Waals surface area contributed by atoms with E-state index in [1.165, 1.54) is 0 Å². The standard InChI is InChI=1S/C33H33N3O5S/c1-23-31(20-36-22-34-29-9-5-6-10-30(29)36)40-33(41-32(23)26-15-13-25(21-37)14-16-26)27-17-11-24(12-18-27)19-35-42(38,39)28-7-3-2-4-8-28/h2-18,22-23,31-33,35,37H,19-21H2,1H3/t23-,31+,32+,33+/m1/s1. The Morgan fingerprint density at radius 3 is 2.24 bits per heavy atom. The minimum Gasteiger partial charge on any atom is -0.392 e. The summed E-state index contributed by atoms with van der Waals surface area (Å²) in [5.41, 5.74) is 5.50. The maximum absolute atomic E-state index is 12.6. The zero-order valence-electron chi connectivity index (χ0n) is 23.2. The molecule has 4 atom stereocenters. The van der Waals surface area contributed by atoms with Gasteiger partial charge in [-0.3, -0.25) is 0 Å². The lowest BCUT2D eigenvalue weighted by Crippen LogP contribution is -2.39. The molecule has 4 aromatic carbocycles. The highest BCUT2D eigenvalue weighted by Crippen LogP contribution is 2.42. The largest absolute Gasteiger partial charge is 0.392 e. The number of aliphatic hydroxyl groups is 1. The van der Waals surface area contributed by atoms with Gasteiger partial charge >= 0.3 is 0 Å². The number of rotatable bonds is 9. The predicted octanol–water partition coefficient (Wildman–Crippen LogP) is 5.50. The quantitative estimate of drug-likeness (QED) is 0.238. The number of fused-ring (bicyclic) bond motifs is 1. The minimum atomic E-state index is -3.61. The maximum atomic E-state index is 12.6. The van der Waals surface area contributed by atoms with E-state index in [1.54, 1.807) is 30.3 Å². The first kappa shape index (κ1) is 28.3. The molecule has 2 heterocycles. The third-order valence-corrected chi connectivity index (χ3v) is 9.22. The summed E-state index contributed by atoms with van der Waals surface area (Å²) >= 11 is 0. The number of ether oxygens (including phenoxy) is 2. The molecule has 1 fully saturated rings. The Balaban J connectivity index is 1.23. The van der Waals surface area contributed by atoms with Gasteiger partial charge in [0.15, 0.2) is 6.29 Å². The molecule has 1 aliphatic heterocycles.